The lowest BCUT2D eigenvalue weighted by atomic mass is 10.1. The second kappa shape index (κ2) is 7.52. The minimum absolute atomic E-state index is 0.00302. The molecule has 3 rings (SSSR count). The molecule has 0 saturated carbocycles. The number of pyridine rings is 1. The third-order valence-electron chi connectivity index (χ3n) is 3.87. The molecule has 2 aromatic rings. The predicted octanol–water partition coefficient (Wildman–Crippen LogP) is 1.17. The number of ether oxygens (including phenoxy) is 2. The number of aromatic nitrogens is 1. The zero-order valence-corrected chi connectivity index (χ0v) is 13.6. The van der Waals surface area contributed by atoms with Crippen molar-refractivity contribution >= 4 is 5.91 Å². The van der Waals surface area contributed by atoms with Crippen LogP contribution in [0.4, 0.5) is 8.78 Å². The summed E-state index contributed by atoms with van der Waals surface area (Å²) in [5.74, 6) is -2.90. The van der Waals surface area contributed by atoms with Crippen LogP contribution in [-0.4, -0.2) is 35.3 Å². The Kier molecular flexibility index (Phi) is 5.17. The first-order valence-electron chi connectivity index (χ1n) is 7.87. The standard InChI is InChI=1S/C17H16F2N2O5/c18-11-2-1-10(7-12(11)19)26-5-3-20-17(24)16-13-9-25-6-4-21(13)15(23)8-14(16)22/h1-2,7-8,22H,3-6,9H2,(H,20,24). The number of nitrogens with one attached hydrogen (secondary N) is 1. The molecule has 1 amide bonds. The quantitative estimate of drug-likeness (QED) is 0.776. The van der Waals surface area contributed by atoms with Crippen molar-refractivity contribution in [2.75, 3.05) is 19.8 Å². The van der Waals surface area contributed by atoms with E-state index < -0.39 is 28.9 Å². The van der Waals surface area contributed by atoms with Gasteiger partial charge in [0.25, 0.3) is 11.5 Å². The third-order valence-corrected chi connectivity index (χ3v) is 3.87. The van der Waals surface area contributed by atoms with E-state index in [9.17, 15) is 23.5 Å². The molecule has 0 fully saturated rings. The Hall–Kier alpha value is -2.94. The molecule has 1 aliphatic heterocycles. The van der Waals surface area contributed by atoms with Gasteiger partial charge in [-0.05, 0) is 12.1 Å². The molecule has 0 spiro atoms. The van der Waals surface area contributed by atoms with E-state index in [4.69, 9.17) is 9.47 Å². The van der Waals surface area contributed by atoms with Crippen molar-refractivity contribution in [3.05, 3.63) is 57.5 Å². The lowest BCUT2D eigenvalue weighted by molar-refractivity contribution is 0.0779. The molecule has 7 nitrogen and oxygen atoms in total. The smallest absolute Gasteiger partial charge is 0.257 e. The normalized spacial score (nSPS) is 13.2. The number of benzene rings is 1. The number of nitrogens with zero attached hydrogens (tertiary/aromatic N) is 1. The molecular weight excluding hydrogens is 350 g/mol. The zero-order valence-electron chi connectivity index (χ0n) is 13.6. The number of hydrogen-bond acceptors (Lipinski definition) is 5. The summed E-state index contributed by atoms with van der Waals surface area (Å²) in [5.41, 5.74) is -0.128. The topological polar surface area (TPSA) is 89.8 Å². The first-order chi connectivity index (χ1) is 12.5. The summed E-state index contributed by atoms with van der Waals surface area (Å²) < 4.78 is 37.8. The Balaban J connectivity index is 1.63. The van der Waals surface area contributed by atoms with Gasteiger partial charge >= 0.3 is 0 Å². The minimum atomic E-state index is -1.03. The molecular formula is C17H16F2N2O5. The molecule has 0 unspecified atom stereocenters. The van der Waals surface area contributed by atoms with Crippen LogP contribution in [0.1, 0.15) is 16.1 Å². The summed E-state index contributed by atoms with van der Waals surface area (Å²) in [6.07, 6.45) is 0. The van der Waals surface area contributed by atoms with Crippen LogP contribution in [0, 0.1) is 11.6 Å². The SMILES string of the molecule is O=C(NCCOc1ccc(F)c(F)c1)c1c(O)cc(=O)n2c1COCC2. The fourth-order valence-corrected chi connectivity index (χ4v) is 2.64. The molecule has 138 valence electrons. The van der Waals surface area contributed by atoms with Gasteiger partial charge in [0.05, 0.1) is 25.5 Å². The monoisotopic (exact) mass is 366 g/mol. The van der Waals surface area contributed by atoms with Gasteiger partial charge in [0, 0.05) is 18.7 Å². The zero-order chi connectivity index (χ0) is 18.7. The van der Waals surface area contributed by atoms with Gasteiger partial charge < -0.3 is 24.5 Å². The molecule has 0 aliphatic carbocycles. The second-order valence-electron chi connectivity index (χ2n) is 5.57. The van der Waals surface area contributed by atoms with Gasteiger partial charge in [0.15, 0.2) is 11.6 Å². The van der Waals surface area contributed by atoms with Crippen molar-refractivity contribution < 1.29 is 28.2 Å². The fourth-order valence-electron chi connectivity index (χ4n) is 2.64. The molecule has 1 aromatic heterocycles. The molecule has 2 heterocycles. The number of aromatic hydroxyl groups is 1. The Morgan fingerprint density at radius 3 is 2.88 bits per heavy atom. The average molecular weight is 366 g/mol. The van der Waals surface area contributed by atoms with Crippen molar-refractivity contribution in [3.63, 3.8) is 0 Å². The number of hydrogen-bond donors (Lipinski definition) is 2. The van der Waals surface area contributed by atoms with E-state index in [-0.39, 0.29) is 31.1 Å². The van der Waals surface area contributed by atoms with E-state index in [1.165, 1.54) is 10.6 Å². The summed E-state index contributed by atoms with van der Waals surface area (Å²) >= 11 is 0. The third kappa shape index (κ3) is 3.67. The molecule has 0 bridgehead atoms. The number of amides is 1. The number of carbonyl (C=O) groups is 1. The second-order valence-corrected chi connectivity index (χ2v) is 5.57. The summed E-state index contributed by atoms with van der Waals surface area (Å²) in [7, 11) is 0. The van der Waals surface area contributed by atoms with Crippen LogP contribution in [-0.2, 0) is 17.9 Å². The van der Waals surface area contributed by atoms with Gasteiger partial charge in [-0.2, -0.15) is 0 Å². The Morgan fingerprint density at radius 1 is 1.31 bits per heavy atom. The highest BCUT2D eigenvalue weighted by Gasteiger charge is 2.23. The van der Waals surface area contributed by atoms with Crippen molar-refractivity contribution in [3.8, 4) is 11.5 Å². The van der Waals surface area contributed by atoms with E-state index in [0.717, 1.165) is 18.2 Å². The first kappa shape index (κ1) is 17.9. The first-order valence-corrected chi connectivity index (χ1v) is 7.87. The van der Waals surface area contributed by atoms with E-state index in [2.05, 4.69) is 5.32 Å². The number of halogens is 2. The highest BCUT2D eigenvalue weighted by Crippen LogP contribution is 2.22. The number of fused-ring (bicyclic) bond motifs is 1. The van der Waals surface area contributed by atoms with Gasteiger partial charge in [-0.3, -0.25) is 9.59 Å². The van der Waals surface area contributed by atoms with Crippen LogP contribution < -0.4 is 15.6 Å². The van der Waals surface area contributed by atoms with Crippen LogP contribution >= 0.6 is 0 Å². The molecule has 1 aromatic carbocycles. The van der Waals surface area contributed by atoms with Crippen LogP contribution in [0.2, 0.25) is 0 Å². The minimum Gasteiger partial charge on any atom is -0.507 e. The molecule has 2 N–H and O–H groups in total. The van der Waals surface area contributed by atoms with E-state index >= 15 is 0 Å². The maximum Gasteiger partial charge on any atom is 0.257 e. The van der Waals surface area contributed by atoms with Crippen molar-refractivity contribution in [2.24, 2.45) is 0 Å². The van der Waals surface area contributed by atoms with Crippen molar-refractivity contribution in [1.82, 2.24) is 9.88 Å². The largest absolute Gasteiger partial charge is 0.507 e. The maximum absolute atomic E-state index is 13.1. The summed E-state index contributed by atoms with van der Waals surface area (Å²) in [5, 5.41) is 12.5. The summed E-state index contributed by atoms with van der Waals surface area (Å²) in [4.78, 5) is 24.2. The van der Waals surface area contributed by atoms with Gasteiger partial charge in [-0.1, -0.05) is 0 Å². The van der Waals surface area contributed by atoms with E-state index in [0.29, 0.717) is 18.8 Å². The fraction of sp³-hybridized carbons (Fsp3) is 0.294. The molecule has 9 heteroatoms. The van der Waals surface area contributed by atoms with Gasteiger partial charge in [0.1, 0.15) is 23.7 Å². The molecule has 1 aliphatic rings. The Bertz CT molecular complexity index is 897. The molecule has 0 atom stereocenters. The lowest BCUT2D eigenvalue weighted by Crippen LogP contribution is -2.35. The van der Waals surface area contributed by atoms with E-state index in [1.54, 1.807) is 0 Å². The summed E-state index contributed by atoms with van der Waals surface area (Å²) in [6, 6.07) is 4.10. The maximum atomic E-state index is 13.1. The van der Waals surface area contributed by atoms with Crippen LogP contribution in [0.15, 0.2) is 29.1 Å². The van der Waals surface area contributed by atoms with Gasteiger partial charge in [0.2, 0.25) is 0 Å². The van der Waals surface area contributed by atoms with Crippen LogP contribution in [0.3, 0.4) is 0 Å². The highest BCUT2D eigenvalue weighted by molar-refractivity contribution is 5.97. The van der Waals surface area contributed by atoms with Crippen LogP contribution in [0.25, 0.3) is 0 Å². The lowest BCUT2D eigenvalue weighted by Gasteiger charge is -2.22. The predicted molar refractivity (Wildman–Crippen MR) is 86.2 cm³/mol. The highest BCUT2D eigenvalue weighted by atomic mass is 19.2. The Morgan fingerprint density at radius 2 is 2.12 bits per heavy atom. The number of rotatable bonds is 5. The van der Waals surface area contributed by atoms with Crippen LogP contribution in [0.5, 0.6) is 11.5 Å². The van der Waals surface area contributed by atoms with Crippen molar-refractivity contribution in [2.45, 2.75) is 13.2 Å². The van der Waals surface area contributed by atoms with E-state index in [1.807, 2.05) is 0 Å². The van der Waals surface area contributed by atoms with Crippen molar-refractivity contribution in [1.29, 1.82) is 0 Å². The summed E-state index contributed by atoms with van der Waals surface area (Å²) in [6.45, 7) is 0.742. The Labute approximate surface area is 146 Å². The van der Waals surface area contributed by atoms with Gasteiger partial charge in [-0.25, -0.2) is 8.78 Å². The number of carbonyl (C=O) groups excluding carboxylic acids is 1. The molecule has 0 radical (unpaired) electrons. The molecule has 0 saturated heterocycles. The van der Waals surface area contributed by atoms with Gasteiger partial charge in [-0.15, -0.1) is 0 Å². The molecule has 26 heavy (non-hydrogen) atoms. The average Bonchev–Trinajstić information content (AvgIpc) is 2.61.